The van der Waals surface area contributed by atoms with E-state index in [0.29, 0.717) is 0 Å². The molecule has 0 spiro atoms. The van der Waals surface area contributed by atoms with Crippen molar-refractivity contribution in [3.05, 3.63) is 249 Å². The van der Waals surface area contributed by atoms with E-state index >= 15 is 0 Å². The topological polar surface area (TPSA) is 37.7 Å². The van der Waals surface area contributed by atoms with Crippen LogP contribution in [0.15, 0.2) is 258 Å². The van der Waals surface area contributed by atoms with Crippen molar-refractivity contribution < 1.29 is 8.83 Å². The van der Waals surface area contributed by atoms with Gasteiger partial charge < -0.3 is 23.2 Å². The van der Waals surface area contributed by atoms with E-state index in [1.165, 1.54) is 16.5 Å². The maximum Gasteiger partial charge on any atom is 0.159 e. The van der Waals surface area contributed by atoms with Crippen molar-refractivity contribution in [1.82, 2.24) is 4.57 Å². The first-order valence-corrected chi connectivity index (χ1v) is 24.2. The van der Waals surface area contributed by atoms with Crippen molar-refractivity contribution in [3.63, 3.8) is 0 Å². The fourth-order valence-corrected chi connectivity index (χ4v) is 11.4. The van der Waals surface area contributed by atoms with Gasteiger partial charge in [0.2, 0.25) is 0 Å². The summed E-state index contributed by atoms with van der Waals surface area (Å²) in [5.74, 6) is 0. The van der Waals surface area contributed by atoms with Crippen molar-refractivity contribution in [3.8, 4) is 39.1 Å². The van der Waals surface area contributed by atoms with E-state index in [1.807, 2.05) is 12.1 Å². The molecular weight excluding hydrogens is 867 g/mol. The van der Waals surface area contributed by atoms with Crippen LogP contribution in [0.3, 0.4) is 0 Å². The number of para-hydroxylation sites is 6. The van der Waals surface area contributed by atoms with E-state index in [0.717, 1.165) is 122 Å². The smallest absolute Gasteiger partial charge is 0.159 e. The third kappa shape index (κ3) is 6.00. The highest BCUT2D eigenvalue weighted by molar-refractivity contribution is 6.22. The first-order valence-electron chi connectivity index (χ1n) is 24.2. The van der Waals surface area contributed by atoms with E-state index in [1.54, 1.807) is 0 Å². The molecule has 1 aliphatic rings. The van der Waals surface area contributed by atoms with E-state index < -0.39 is 0 Å². The second-order valence-corrected chi connectivity index (χ2v) is 18.4. The highest BCUT2D eigenvalue weighted by Crippen LogP contribution is 2.52. The molecule has 0 aliphatic carbocycles. The summed E-state index contributed by atoms with van der Waals surface area (Å²) < 4.78 is 16.1. The Bertz CT molecular complexity index is 4410. The molecule has 332 valence electrons. The van der Waals surface area contributed by atoms with Gasteiger partial charge in [-0.2, -0.15) is 0 Å². The molecule has 0 radical (unpaired) electrons. The zero-order valence-corrected chi connectivity index (χ0v) is 38.3. The number of benzene rings is 11. The summed E-state index contributed by atoms with van der Waals surface area (Å²) in [4.78, 5) is 4.71. The lowest BCUT2D eigenvalue weighted by Crippen LogP contribution is -2.13. The lowest BCUT2D eigenvalue weighted by Gasteiger charge is -2.29. The fraction of sp³-hybridized carbons (Fsp3) is 0. The third-order valence-corrected chi connectivity index (χ3v) is 14.5. The summed E-state index contributed by atoms with van der Waals surface area (Å²) in [5, 5.41) is 6.72. The highest BCUT2D eigenvalue weighted by atomic mass is 16.3. The Morgan fingerprint density at radius 3 is 1.66 bits per heavy atom. The molecule has 0 amide bonds. The van der Waals surface area contributed by atoms with E-state index in [-0.39, 0.29) is 0 Å². The van der Waals surface area contributed by atoms with Crippen LogP contribution in [0.1, 0.15) is 0 Å². The van der Waals surface area contributed by atoms with Crippen LogP contribution in [0.5, 0.6) is 0 Å². The molecule has 1 aliphatic heterocycles. The maximum atomic E-state index is 6.85. The van der Waals surface area contributed by atoms with Crippen LogP contribution >= 0.6 is 0 Å². The summed E-state index contributed by atoms with van der Waals surface area (Å²) in [6, 6.07) is 89.1. The first kappa shape index (κ1) is 39.4. The largest absolute Gasteiger partial charge is 0.455 e. The molecule has 0 saturated heterocycles. The van der Waals surface area contributed by atoms with Crippen molar-refractivity contribution in [2.24, 2.45) is 0 Å². The lowest BCUT2D eigenvalue weighted by atomic mass is 9.91. The lowest BCUT2D eigenvalue weighted by molar-refractivity contribution is 0.669. The van der Waals surface area contributed by atoms with Crippen LogP contribution < -0.4 is 9.80 Å². The molecule has 15 rings (SSSR count). The number of hydrogen-bond acceptors (Lipinski definition) is 4. The minimum Gasteiger partial charge on any atom is -0.455 e. The van der Waals surface area contributed by atoms with Gasteiger partial charge >= 0.3 is 0 Å². The van der Waals surface area contributed by atoms with Crippen LogP contribution in [-0.2, 0) is 0 Å². The number of nitrogens with zero attached hydrogens (tertiary/aromatic N) is 3. The average Bonchev–Trinajstić information content (AvgIpc) is 4.09. The second kappa shape index (κ2) is 15.5. The van der Waals surface area contributed by atoms with Gasteiger partial charge in [0.1, 0.15) is 16.7 Å². The Hall–Kier alpha value is -9.58. The Kier molecular flexibility index (Phi) is 8.59. The molecule has 0 N–H and O–H groups in total. The number of fused-ring (bicyclic) bond motifs is 15. The number of hydrogen-bond donors (Lipinski definition) is 0. The molecule has 11 aromatic carbocycles. The van der Waals surface area contributed by atoms with Crippen molar-refractivity contribution in [2.45, 2.75) is 0 Å². The molecule has 0 saturated carbocycles. The van der Waals surface area contributed by atoms with Crippen LogP contribution in [0, 0.1) is 0 Å². The van der Waals surface area contributed by atoms with Gasteiger partial charge in [-0.1, -0.05) is 158 Å². The molecule has 0 atom stereocenters. The average molecular weight is 908 g/mol. The molecule has 3 aromatic heterocycles. The van der Waals surface area contributed by atoms with Crippen LogP contribution in [0.2, 0.25) is 0 Å². The zero-order valence-electron chi connectivity index (χ0n) is 38.3. The fourth-order valence-electron chi connectivity index (χ4n) is 11.4. The Labute approximate surface area is 408 Å². The summed E-state index contributed by atoms with van der Waals surface area (Å²) in [5.41, 5.74) is 20.0. The standard InChI is InChI=1S/C66H41N3O2/c1-3-16-42(17-4-1)43-32-34-45(35-33-43)67(44-18-5-2-6-19-44)46-20-13-21-47(40-46)68(60-29-15-26-54-50-23-8-11-30-61(50)70-65(54)60)48-36-39-59-57(41-48)53-25-14-27-56-63-52(49-22-7-10-28-58(49)69(59)64(53)56)37-38-55-51-24-9-12-31-62(51)71-66(55)63/h1-41H. The number of aromatic nitrogens is 1. The van der Waals surface area contributed by atoms with Gasteiger partial charge in [-0.3, -0.25) is 0 Å². The summed E-state index contributed by atoms with van der Waals surface area (Å²) in [6.45, 7) is 0. The predicted molar refractivity (Wildman–Crippen MR) is 295 cm³/mol. The monoisotopic (exact) mass is 907 g/mol. The minimum absolute atomic E-state index is 0.829. The van der Waals surface area contributed by atoms with Gasteiger partial charge in [-0.05, 0) is 108 Å². The van der Waals surface area contributed by atoms with Crippen molar-refractivity contribution in [2.75, 3.05) is 9.80 Å². The van der Waals surface area contributed by atoms with E-state index in [4.69, 9.17) is 8.83 Å². The molecular formula is C66H41N3O2. The number of rotatable bonds is 7. The molecule has 4 heterocycles. The van der Waals surface area contributed by atoms with E-state index in [9.17, 15) is 0 Å². The number of furan rings is 2. The van der Waals surface area contributed by atoms with Crippen molar-refractivity contribution in [1.29, 1.82) is 0 Å². The number of anilines is 6. The maximum absolute atomic E-state index is 6.85. The Balaban J connectivity index is 0.965. The predicted octanol–water partition coefficient (Wildman–Crippen LogP) is 18.8. The summed E-state index contributed by atoms with van der Waals surface area (Å²) >= 11 is 0. The molecule has 0 bridgehead atoms. The van der Waals surface area contributed by atoms with Gasteiger partial charge in [0, 0.05) is 77.4 Å². The van der Waals surface area contributed by atoms with Crippen LogP contribution in [0.4, 0.5) is 34.1 Å². The van der Waals surface area contributed by atoms with Gasteiger partial charge in [-0.25, -0.2) is 0 Å². The third-order valence-electron chi connectivity index (χ3n) is 14.5. The molecule has 5 nitrogen and oxygen atoms in total. The van der Waals surface area contributed by atoms with Gasteiger partial charge in [-0.15, -0.1) is 0 Å². The second-order valence-electron chi connectivity index (χ2n) is 18.4. The minimum atomic E-state index is 0.829. The Morgan fingerprint density at radius 2 is 0.859 bits per heavy atom. The zero-order chi connectivity index (χ0) is 46.6. The molecule has 71 heavy (non-hydrogen) atoms. The van der Waals surface area contributed by atoms with E-state index in [2.05, 4.69) is 251 Å². The Morgan fingerprint density at radius 1 is 0.310 bits per heavy atom. The SMILES string of the molecule is c1ccc(-c2ccc(N(c3ccccc3)c3cccc(N(c4ccc5c(c4)c4cccc6c4n5-c4ccccc4-c4ccc5c(oc7ccccc75)c4-6)c4cccc5c4oc4ccccc45)c3)cc2)cc1. The summed E-state index contributed by atoms with van der Waals surface area (Å²) in [6.07, 6.45) is 0. The first-order chi connectivity index (χ1) is 35.2. The van der Waals surface area contributed by atoms with Crippen molar-refractivity contribution >= 4 is 99.8 Å². The molecule has 14 aromatic rings. The molecule has 0 unspecified atom stereocenters. The van der Waals surface area contributed by atoms with Crippen LogP contribution in [-0.4, -0.2) is 4.57 Å². The molecule has 5 heteroatoms. The van der Waals surface area contributed by atoms with Crippen LogP contribution in [0.25, 0.3) is 105 Å². The quantitative estimate of drug-likeness (QED) is 0.160. The summed E-state index contributed by atoms with van der Waals surface area (Å²) in [7, 11) is 0. The van der Waals surface area contributed by atoms with Gasteiger partial charge in [0.05, 0.1) is 22.4 Å². The normalized spacial score (nSPS) is 11.9. The molecule has 0 fully saturated rings. The highest BCUT2D eigenvalue weighted by Gasteiger charge is 2.29. The van der Waals surface area contributed by atoms with Gasteiger partial charge in [0.15, 0.2) is 5.58 Å². The van der Waals surface area contributed by atoms with Gasteiger partial charge in [0.25, 0.3) is 0 Å².